The number of hydrogen-bond acceptors (Lipinski definition) is 6. The molecule has 0 saturated heterocycles. The van der Waals surface area contributed by atoms with Crippen LogP contribution in [0.2, 0.25) is 0 Å². The molecule has 1 N–H and O–H groups in total. The molecule has 0 spiro atoms. The number of imidazole rings is 1. The molecule has 2 heterocycles. The highest BCUT2D eigenvalue weighted by Crippen LogP contribution is 2.20. The van der Waals surface area contributed by atoms with Gasteiger partial charge in [-0.1, -0.05) is 36.4 Å². The van der Waals surface area contributed by atoms with Crippen molar-refractivity contribution in [1.29, 1.82) is 0 Å². The molecule has 8 heteroatoms. The molecule has 0 unspecified atom stereocenters. The number of esters is 1. The number of aromatic nitrogens is 4. The van der Waals surface area contributed by atoms with E-state index in [1.54, 1.807) is 25.3 Å². The van der Waals surface area contributed by atoms with Gasteiger partial charge in [-0.2, -0.15) is 0 Å². The Balaban J connectivity index is 1.23. The van der Waals surface area contributed by atoms with Crippen LogP contribution in [0.5, 0.6) is 0 Å². The molecule has 38 heavy (non-hydrogen) atoms. The number of aromatic amines is 1. The molecule has 3 aromatic carbocycles. The molecular formula is C30H29N5O3. The van der Waals surface area contributed by atoms with Gasteiger partial charge in [0.25, 0.3) is 5.56 Å². The second kappa shape index (κ2) is 11.1. The van der Waals surface area contributed by atoms with E-state index in [0.29, 0.717) is 41.2 Å². The Bertz CT molecular complexity index is 1610. The van der Waals surface area contributed by atoms with Crippen molar-refractivity contribution in [3.8, 4) is 0 Å². The molecule has 0 aliphatic rings. The normalized spacial score (nSPS) is 11.0. The molecule has 0 atom stereocenters. The molecule has 2 aromatic heterocycles. The monoisotopic (exact) mass is 507 g/mol. The fraction of sp³-hybridized carbons (Fsp3) is 0.200. The summed E-state index contributed by atoms with van der Waals surface area (Å²) in [6, 6.07) is 23.2. The Hall–Kier alpha value is -4.72. The maximum atomic E-state index is 12.7. The summed E-state index contributed by atoms with van der Waals surface area (Å²) in [5.74, 6) is 0.891. The van der Waals surface area contributed by atoms with E-state index in [-0.39, 0.29) is 12.2 Å². The standard InChI is InChI=1S/C30H29N5O3/c1-3-34(19-23-9-14-27-26(17-23)29(36)33-21(2)32-27)25-12-10-24(11-13-25)30(37)38-20-28-31-15-16-35(28)18-22-7-5-4-6-8-22/h4-17H,3,18-20H2,1-2H3,(H,32,33,36). The number of aryl methyl sites for hydroxylation is 1. The Kier molecular flexibility index (Phi) is 7.31. The molecule has 5 aromatic rings. The first-order chi connectivity index (χ1) is 18.5. The average molecular weight is 508 g/mol. The summed E-state index contributed by atoms with van der Waals surface area (Å²) in [5, 5.41) is 0.576. The van der Waals surface area contributed by atoms with Gasteiger partial charge in [-0.25, -0.2) is 14.8 Å². The molecule has 0 aliphatic carbocycles. The molecule has 0 saturated carbocycles. The third-order valence-corrected chi connectivity index (χ3v) is 6.44. The van der Waals surface area contributed by atoms with Crippen LogP contribution in [0.3, 0.4) is 0 Å². The highest BCUT2D eigenvalue weighted by Gasteiger charge is 2.13. The van der Waals surface area contributed by atoms with Crippen molar-refractivity contribution >= 4 is 22.6 Å². The Labute approximate surface area is 220 Å². The first kappa shape index (κ1) is 25.0. The van der Waals surface area contributed by atoms with Crippen molar-refractivity contribution in [2.45, 2.75) is 33.5 Å². The fourth-order valence-corrected chi connectivity index (χ4v) is 4.43. The van der Waals surface area contributed by atoms with E-state index in [1.165, 1.54) is 0 Å². The largest absolute Gasteiger partial charge is 0.454 e. The van der Waals surface area contributed by atoms with Gasteiger partial charge in [-0.05, 0) is 61.4 Å². The van der Waals surface area contributed by atoms with Crippen LogP contribution in [0, 0.1) is 6.92 Å². The minimum absolute atomic E-state index is 0.0942. The van der Waals surface area contributed by atoms with Crippen LogP contribution in [0.4, 0.5) is 5.69 Å². The third kappa shape index (κ3) is 5.64. The lowest BCUT2D eigenvalue weighted by Crippen LogP contribution is -2.22. The highest BCUT2D eigenvalue weighted by molar-refractivity contribution is 5.89. The quantitative estimate of drug-likeness (QED) is 0.287. The minimum atomic E-state index is -0.398. The lowest BCUT2D eigenvalue weighted by Gasteiger charge is -2.23. The number of rotatable bonds is 9. The van der Waals surface area contributed by atoms with Crippen LogP contribution in [0.1, 0.15) is 40.1 Å². The van der Waals surface area contributed by atoms with E-state index >= 15 is 0 Å². The summed E-state index contributed by atoms with van der Waals surface area (Å²) < 4.78 is 7.53. The van der Waals surface area contributed by atoms with E-state index in [4.69, 9.17) is 4.74 Å². The van der Waals surface area contributed by atoms with Crippen molar-refractivity contribution in [2.24, 2.45) is 0 Å². The van der Waals surface area contributed by atoms with Crippen molar-refractivity contribution in [2.75, 3.05) is 11.4 Å². The number of nitrogens with zero attached hydrogens (tertiary/aromatic N) is 4. The SMILES string of the molecule is CCN(Cc1ccc2nc(C)[nH]c(=O)c2c1)c1ccc(C(=O)OCc2nccn2Cc2ccccc2)cc1. The summed E-state index contributed by atoms with van der Waals surface area (Å²) in [6.45, 7) is 5.97. The van der Waals surface area contributed by atoms with E-state index in [1.807, 2.05) is 59.3 Å². The molecule has 192 valence electrons. The van der Waals surface area contributed by atoms with Gasteiger partial charge in [0.05, 0.1) is 16.5 Å². The lowest BCUT2D eigenvalue weighted by atomic mass is 10.1. The van der Waals surface area contributed by atoms with Crippen LogP contribution in [-0.4, -0.2) is 32.0 Å². The topological polar surface area (TPSA) is 93.1 Å². The molecule has 0 fully saturated rings. The Morgan fingerprint density at radius 2 is 1.82 bits per heavy atom. The third-order valence-electron chi connectivity index (χ3n) is 6.44. The maximum Gasteiger partial charge on any atom is 0.338 e. The molecular weight excluding hydrogens is 478 g/mol. The van der Waals surface area contributed by atoms with Gasteiger partial charge in [0.2, 0.25) is 0 Å². The number of nitrogens with one attached hydrogen (secondary N) is 1. The van der Waals surface area contributed by atoms with Crippen LogP contribution in [-0.2, 0) is 24.4 Å². The number of ether oxygens (including phenoxy) is 1. The van der Waals surface area contributed by atoms with E-state index < -0.39 is 5.97 Å². The number of anilines is 1. The van der Waals surface area contributed by atoms with Gasteiger partial charge < -0.3 is 19.2 Å². The van der Waals surface area contributed by atoms with Crippen LogP contribution >= 0.6 is 0 Å². The number of benzene rings is 3. The van der Waals surface area contributed by atoms with Crippen molar-refractivity contribution < 1.29 is 9.53 Å². The van der Waals surface area contributed by atoms with Crippen LogP contribution in [0.15, 0.2) is 90.0 Å². The van der Waals surface area contributed by atoms with Gasteiger partial charge in [-0.3, -0.25) is 4.79 Å². The molecule has 8 nitrogen and oxygen atoms in total. The highest BCUT2D eigenvalue weighted by atomic mass is 16.5. The van der Waals surface area contributed by atoms with Crippen LogP contribution in [0.25, 0.3) is 10.9 Å². The second-order valence-corrected chi connectivity index (χ2v) is 9.10. The summed E-state index contributed by atoms with van der Waals surface area (Å²) >= 11 is 0. The smallest absolute Gasteiger partial charge is 0.338 e. The van der Waals surface area contributed by atoms with Crippen LogP contribution < -0.4 is 10.5 Å². The van der Waals surface area contributed by atoms with E-state index in [9.17, 15) is 9.59 Å². The molecule has 0 bridgehead atoms. The average Bonchev–Trinajstić information content (AvgIpc) is 3.38. The van der Waals surface area contributed by atoms with Crippen molar-refractivity contribution in [3.63, 3.8) is 0 Å². The fourth-order valence-electron chi connectivity index (χ4n) is 4.43. The summed E-state index contributed by atoms with van der Waals surface area (Å²) in [6.07, 6.45) is 3.59. The summed E-state index contributed by atoms with van der Waals surface area (Å²) in [7, 11) is 0. The van der Waals surface area contributed by atoms with Gasteiger partial charge in [0.15, 0.2) is 0 Å². The Morgan fingerprint density at radius 1 is 1.03 bits per heavy atom. The van der Waals surface area contributed by atoms with E-state index in [2.05, 4.69) is 38.9 Å². The molecule has 0 aliphatic heterocycles. The predicted octanol–water partition coefficient (Wildman–Crippen LogP) is 4.86. The number of hydrogen-bond donors (Lipinski definition) is 1. The number of carbonyl (C=O) groups excluding carboxylic acids is 1. The minimum Gasteiger partial charge on any atom is -0.454 e. The summed E-state index contributed by atoms with van der Waals surface area (Å²) in [4.78, 5) is 38.7. The first-order valence-electron chi connectivity index (χ1n) is 12.6. The zero-order valence-corrected chi connectivity index (χ0v) is 21.4. The zero-order valence-electron chi connectivity index (χ0n) is 21.4. The van der Waals surface area contributed by atoms with E-state index in [0.717, 1.165) is 23.4 Å². The maximum absolute atomic E-state index is 12.7. The first-order valence-corrected chi connectivity index (χ1v) is 12.6. The number of fused-ring (bicyclic) bond motifs is 1. The van der Waals surface area contributed by atoms with Crippen molar-refractivity contribution in [1.82, 2.24) is 19.5 Å². The van der Waals surface area contributed by atoms with Gasteiger partial charge >= 0.3 is 5.97 Å². The molecule has 0 radical (unpaired) electrons. The Morgan fingerprint density at radius 3 is 2.58 bits per heavy atom. The van der Waals surface area contributed by atoms with Gasteiger partial charge in [0.1, 0.15) is 18.3 Å². The van der Waals surface area contributed by atoms with Crippen molar-refractivity contribution in [3.05, 3.63) is 124 Å². The number of H-pyrrole nitrogens is 1. The molecule has 0 amide bonds. The summed E-state index contributed by atoms with van der Waals surface area (Å²) in [5.41, 5.74) is 4.15. The molecule has 5 rings (SSSR count). The second-order valence-electron chi connectivity index (χ2n) is 9.10. The number of carbonyl (C=O) groups is 1. The van der Waals surface area contributed by atoms with Gasteiger partial charge in [0, 0.05) is 37.7 Å². The zero-order chi connectivity index (χ0) is 26.5. The van der Waals surface area contributed by atoms with Gasteiger partial charge in [-0.15, -0.1) is 0 Å². The predicted molar refractivity (Wildman–Crippen MR) is 147 cm³/mol. The lowest BCUT2D eigenvalue weighted by molar-refractivity contribution is 0.0458.